The number of anilines is 1. The Kier molecular flexibility index (Phi) is 3.94. The number of nitriles is 1. The molecule has 0 unspecified atom stereocenters. The van der Waals surface area contributed by atoms with E-state index in [1.165, 1.54) is 0 Å². The highest BCUT2D eigenvalue weighted by Crippen LogP contribution is 2.10. The fraction of sp³-hybridized carbons (Fsp3) is 0.214. The number of aryl methyl sites for hydroxylation is 1. The molecule has 5 nitrogen and oxygen atoms in total. The maximum absolute atomic E-state index is 11.9. The average Bonchev–Trinajstić information content (AvgIpc) is 2.86. The SMILES string of the molecule is CCc1nccn1CC(=O)Nc1cccc(C#N)c1. The van der Waals surface area contributed by atoms with Crippen molar-refractivity contribution in [1.29, 1.82) is 5.26 Å². The van der Waals surface area contributed by atoms with Crippen LogP contribution in [0.4, 0.5) is 5.69 Å². The number of nitrogens with zero attached hydrogens (tertiary/aromatic N) is 3. The van der Waals surface area contributed by atoms with Crippen molar-refractivity contribution in [2.24, 2.45) is 0 Å². The summed E-state index contributed by atoms with van der Waals surface area (Å²) < 4.78 is 1.81. The van der Waals surface area contributed by atoms with Crippen molar-refractivity contribution >= 4 is 11.6 Å². The molecular weight excluding hydrogens is 240 g/mol. The molecule has 2 aromatic rings. The van der Waals surface area contributed by atoms with E-state index < -0.39 is 0 Å². The molecule has 0 saturated carbocycles. The van der Waals surface area contributed by atoms with Crippen LogP contribution in [0.25, 0.3) is 0 Å². The standard InChI is InChI=1S/C14H14N4O/c1-2-13-16-6-7-18(13)10-14(19)17-12-5-3-4-11(8-12)9-15/h3-8H,2,10H2,1H3,(H,17,19). The average molecular weight is 254 g/mol. The van der Waals surface area contributed by atoms with Gasteiger partial charge in [-0.05, 0) is 18.2 Å². The topological polar surface area (TPSA) is 70.7 Å². The van der Waals surface area contributed by atoms with Gasteiger partial charge in [0, 0.05) is 24.5 Å². The summed E-state index contributed by atoms with van der Waals surface area (Å²) in [7, 11) is 0. The van der Waals surface area contributed by atoms with Crippen LogP contribution in [0.15, 0.2) is 36.7 Å². The number of nitrogens with one attached hydrogen (secondary N) is 1. The molecule has 0 saturated heterocycles. The summed E-state index contributed by atoms with van der Waals surface area (Å²) in [5.74, 6) is 0.740. The van der Waals surface area contributed by atoms with Crippen LogP contribution in [0, 0.1) is 11.3 Å². The third-order valence-corrected chi connectivity index (χ3v) is 2.71. The molecule has 1 amide bonds. The summed E-state index contributed by atoms with van der Waals surface area (Å²) >= 11 is 0. The molecule has 1 aromatic carbocycles. The van der Waals surface area contributed by atoms with E-state index >= 15 is 0 Å². The summed E-state index contributed by atoms with van der Waals surface area (Å²) in [6.45, 7) is 2.22. The van der Waals surface area contributed by atoms with Gasteiger partial charge in [-0.15, -0.1) is 0 Å². The third-order valence-electron chi connectivity index (χ3n) is 2.71. The van der Waals surface area contributed by atoms with Crippen molar-refractivity contribution in [3.8, 4) is 6.07 Å². The molecule has 1 aromatic heterocycles. The summed E-state index contributed by atoms with van der Waals surface area (Å²) in [4.78, 5) is 16.1. The molecule has 1 heterocycles. The first-order chi connectivity index (χ1) is 9.22. The van der Waals surface area contributed by atoms with Crippen LogP contribution in [-0.4, -0.2) is 15.5 Å². The number of rotatable bonds is 4. The maximum Gasteiger partial charge on any atom is 0.244 e. The molecular formula is C14H14N4O. The Hall–Kier alpha value is -2.61. The molecule has 0 spiro atoms. The van der Waals surface area contributed by atoms with Gasteiger partial charge in [0.1, 0.15) is 12.4 Å². The van der Waals surface area contributed by atoms with Gasteiger partial charge in [0.15, 0.2) is 0 Å². The highest BCUT2D eigenvalue weighted by Gasteiger charge is 2.07. The monoisotopic (exact) mass is 254 g/mol. The lowest BCUT2D eigenvalue weighted by atomic mass is 10.2. The molecule has 0 fully saturated rings. The Balaban J connectivity index is 2.03. The molecule has 1 N–H and O–H groups in total. The van der Waals surface area contributed by atoms with Gasteiger partial charge < -0.3 is 9.88 Å². The van der Waals surface area contributed by atoms with Crippen molar-refractivity contribution in [1.82, 2.24) is 9.55 Å². The number of benzene rings is 1. The van der Waals surface area contributed by atoms with Crippen LogP contribution >= 0.6 is 0 Å². The Morgan fingerprint density at radius 3 is 3.11 bits per heavy atom. The normalized spacial score (nSPS) is 9.89. The van der Waals surface area contributed by atoms with Gasteiger partial charge in [0.25, 0.3) is 0 Å². The summed E-state index contributed by atoms with van der Waals surface area (Å²) in [6, 6.07) is 8.87. The van der Waals surface area contributed by atoms with Gasteiger partial charge in [-0.25, -0.2) is 4.98 Å². The number of imidazole rings is 1. The van der Waals surface area contributed by atoms with Crippen molar-refractivity contribution in [3.05, 3.63) is 48.0 Å². The third kappa shape index (κ3) is 3.19. The van der Waals surface area contributed by atoms with Crippen LogP contribution in [0.2, 0.25) is 0 Å². The van der Waals surface area contributed by atoms with E-state index in [0.717, 1.165) is 12.2 Å². The van der Waals surface area contributed by atoms with Crippen LogP contribution in [0.5, 0.6) is 0 Å². The van der Waals surface area contributed by atoms with Crippen LogP contribution < -0.4 is 5.32 Å². The van der Waals surface area contributed by atoms with Crippen molar-refractivity contribution in [2.45, 2.75) is 19.9 Å². The molecule has 0 bridgehead atoms. The Labute approximate surface area is 111 Å². The molecule has 96 valence electrons. The molecule has 0 aliphatic rings. The summed E-state index contributed by atoms with van der Waals surface area (Å²) in [5.41, 5.74) is 1.15. The lowest BCUT2D eigenvalue weighted by Crippen LogP contribution is -2.19. The molecule has 0 atom stereocenters. The first-order valence-corrected chi connectivity index (χ1v) is 6.03. The first kappa shape index (κ1) is 12.8. The van der Waals surface area contributed by atoms with E-state index in [0.29, 0.717) is 11.3 Å². The predicted molar refractivity (Wildman–Crippen MR) is 71.4 cm³/mol. The highest BCUT2D eigenvalue weighted by atomic mass is 16.1. The summed E-state index contributed by atoms with van der Waals surface area (Å²) in [6.07, 6.45) is 4.25. The van der Waals surface area contributed by atoms with Crippen molar-refractivity contribution in [2.75, 3.05) is 5.32 Å². The minimum absolute atomic E-state index is 0.136. The number of carbonyl (C=O) groups excluding carboxylic acids is 1. The van der Waals surface area contributed by atoms with Crippen molar-refractivity contribution in [3.63, 3.8) is 0 Å². The number of hydrogen-bond donors (Lipinski definition) is 1. The van der Waals surface area contributed by atoms with E-state index in [1.54, 1.807) is 36.7 Å². The fourth-order valence-electron chi connectivity index (χ4n) is 1.82. The van der Waals surface area contributed by atoms with Gasteiger partial charge in [-0.2, -0.15) is 5.26 Å². The van der Waals surface area contributed by atoms with Gasteiger partial charge >= 0.3 is 0 Å². The van der Waals surface area contributed by atoms with Gasteiger partial charge in [-0.1, -0.05) is 13.0 Å². The molecule has 2 rings (SSSR count). The van der Waals surface area contributed by atoms with Gasteiger partial charge in [-0.3, -0.25) is 4.79 Å². The molecule has 0 aliphatic carbocycles. The second-order valence-electron chi connectivity index (χ2n) is 4.07. The number of amides is 1. The minimum Gasteiger partial charge on any atom is -0.326 e. The maximum atomic E-state index is 11.9. The number of carbonyl (C=O) groups is 1. The van der Waals surface area contributed by atoms with Crippen LogP contribution in [0.3, 0.4) is 0 Å². The van der Waals surface area contributed by atoms with E-state index in [9.17, 15) is 4.79 Å². The van der Waals surface area contributed by atoms with Gasteiger partial charge in [0.05, 0.1) is 11.6 Å². The Morgan fingerprint density at radius 1 is 1.53 bits per heavy atom. The van der Waals surface area contributed by atoms with Crippen LogP contribution in [0.1, 0.15) is 18.3 Å². The van der Waals surface area contributed by atoms with E-state index in [-0.39, 0.29) is 12.5 Å². The first-order valence-electron chi connectivity index (χ1n) is 6.03. The Morgan fingerprint density at radius 2 is 2.37 bits per heavy atom. The zero-order valence-electron chi connectivity index (χ0n) is 10.6. The van der Waals surface area contributed by atoms with E-state index in [1.807, 2.05) is 17.6 Å². The molecule has 0 radical (unpaired) electrons. The van der Waals surface area contributed by atoms with E-state index in [2.05, 4.69) is 10.3 Å². The van der Waals surface area contributed by atoms with Gasteiger partial charge in [0.2, 0.25) is 5.91 Å². The zero-order valence-corrected chi connectivity index (χ0v) is 10.6. The van der Waals surface area contributed by atoms with E-state index in [4.69, 9.17) is 5.26 Å². The molecule has 19 heavy (non-hydrogen) atoms. The lowest BCUT2D eigenvalue weighted by molar-refractivity contribution is -0.116. The lowest BCUT2D eigenvalue weighted by Gasteiger charge is -2.08. The molecule has 5 heteroatoms. The highest BCUT2D eigenvalue weighted by molar-refractivity contribution is 5.90. The second-order valence-corrected chi connectivity index (χ2v) is 4.07. The quantitative estimate of drug-likeness (QED) is 0.906. The van der Waals surface area contributed by atoms with Crippen molar-refractivity contribution < 1.29 is 4.79 Å². The largest absolute Gasteiger partial charge is 0.326 e. The smallest absolute Gasteiger partial charge is 0.244 e. The minimum atomic E-state index is -0.136. The van der Waals surface area contributed by atoms with Crippen LogP contribution in [-0.2, 0) is 17.8 Å². The Bertz CT molecular complexity index is 624. The number of aromatic nitrogens is 2. The second kappa shape index (κ2) is 5.83. The predicted octanol–water partition coefficient (Wildman–Crippen LogP) is 1.96. The zero-order chi connectivity index (χ0) is 13.7. The molecule has 0 aliphatic heterocycles. The summed E-state index contributed by atoms with van der Waals surface area (Å²) in [5, 5.41) is 11.6. The fourth-order valence-corrected chi connectivity index (χ4v) is 1.82. The number of hydrogen-bond acceptors (Lipinski definition) is 3.